The van der Waals surface area contributed by atoms with Gasteiger partial charge in [-0.25, -0.2) is 0 Å². The predicted molar refractivity (Wildman–Crippen MR) is 138 cm³/mol. The number of hydrogen-bond acceptors (Lipinski definition) is 6. The number of likely N-dealkylation sites (N-methyl/N-ethyl adjacent to an activating group) is 1. The molecule has 3 heterocycles. The molecular formula is C26H29ClN6. The number of amidine groups is 1. The van der Waals surface area contributed by atoms with E-state index in [0.29, 0.717) is 0 Å². The summed E-state index contributed by atoms with van der Waals surface area (Å²) in [6.45, 7) is 9.02. The molecule has 33 heavy (non-hydrogen) atoms. The first-order chi connectivity index (χ1) is 16.0. The number of rotatable bonds is 6. The standard InChI is InChI=1S/C26H29ClN6/c1-16-13-19(26-30-11-12-33(26)3)15-22-24(16)32-25(31-22)23-17(2)28-10-8-21(23)29-9-7-18-5-4-6-20(27)14-18/h4-6,8,10,13-15,25,28-29,31-32H,2,7,9,11-12H2,1,3H3. The molecule has 0 saturated heterocycles. The molecule has 0 spiro atoms. The summed E-state index contributed by atoms with van der Waals surface area (Å²) in [7, 11) is 2.10. The van der Waals surface area contributed by atoms with Crippen molar-refractivity contribution < 1.29 is 0 Å². The molecule has 2 aromatic rings. The lowest BCUT2D eigenvalue weighted by Crippen LogP contribution is -2.34. The van der Waals surface area contributed by atoms with Gasteiger partial charge < -0.3 is 26.2 Å². The summed E-state index contributed by atoms with van der Waals surface area (Å²) in [4.78, 5) is 6.90. The maximum Gasteiger partial charge on any atom is 0.130 e. The van der Waals surface area contributed by atoms with Crippen molar-refractivity contribution in [1.29, 1.82) is 0 Å². The van der Waals surface area contributed by atoms with E-state index in [-0.39, 0.29) is 6.17 Å². The number of allylic oxidation sites excluding steroid dienone is 1. The fourth-order valence-electron chi connectivity index (χ4n) is 4.62. The molecule has 0 aromatic heterocycles. The van der Waals surface area contributed by atoms with Gasteiger partial charge in [0.05, 0.1) is 17.9 Å². The van der Waals surface area contributed by atoms with E-state index in [0.717, 1.165) is 70.8 Å². The van der Waals surface area contributed by atoms with Gasteiger partial charge in [-0.3, -0.25) is 4.99 Å². The van der Waals surface area contributed by atoms with Crippen molar-refractivity contribution in [1.82, 2.24) is 15.5 Å². The Morgan fingerprint density at radius 2 is 2.12 bits per heavy atom. The van der Waals surface area contributed by atoms with E-state index in [1.807, 2.05) is 24.4 Å². The first kappa shape index (κ1) is 21.5. The van der Waals surface area contributed by atoms with Crippen molar-refractivity contribution in [2.45, 2.75) is 19.5 Å². The minimum absolute atomic E-state index is 0.0872. The molecule has 0 aliphatic carbocycles. The zero-order valence-corrected chi connectivity index (χ0v) is 19.8. The van der Waals surface area contributed by atoms with E-state index in [2.05, 4.69) is 76.0 Å². The molecule has 0 saturated carbocycles. The van der Waals surface area contributed by atoms with Crippen LogP contribution in [0, 0.1) is 6.92 Å². The number of benzene rings is 2. The highest BCUT2D eigenvalue weighted by atomic mass is 35.5. The first-order valence-electron chi connectivity index (χ1n) is 11.3. The molecule has 0 bridgehead atoms. The molecule has 6 nitrogen and oxygen atoms in total. The van der Waals surface area contributed by atoms with Crippen LogP contribution in [0.3, 0.4) is 0 Å². The number of aliphatic imine (C=N–C) groups is 1. The van der Waals surface area contributed by atoms with Crippen LogP contribution >= 0.6 is 11.6 Å². The van der Waals surface area contributed by atoms with Crippen molar-refractivity contribution in [2.24, 2.45) is 4.99 Å². The first-order valence-corrected chi connectivity index (χ1v) is 11.7. The van der Waals surface area contributed by atoms with Crippen LogP contribution < -0.4 is 21.3 Å². The largest absolute Gasteiger partial charge is 0.384 e. The van der Waals surface area contributed by atoms with Gasteiger partial charge in [0.25, 0.3) is 0 Å². The fraction of sp³-hybridized carbons (Fsp3) is 0.269. The number of nitrogens with zero attached hydrogens (tertiary/aromatic N) is 2. The highest BCUT2D eigenvalue weighted by Gasteiger charge is 2.30. The zero-order chi connectivity index (χ0) is 22.9. The van der Waals surface area contributed by atoms with Crippen LogP contribution in [0.15, 0.2) is 77.2 Å². The molecule has 1 unspecified atom stereocenters. The summed E-state index contributed by atoms with van der Waals surface area (Å²) in [6.07, 6.45) is 4.78. The van der Waals surface area contributed by atoms with E-state index in [1.54, 1.807) is 0 Å². The molecule has 4 N–H and O–H groups in total. The van der Waals surface area contributed by atoms with Gasteiger partial charge in [-0.2, -0.15) is 0 Å². The maximum absolute atomic E-state index is 6.13. The Balaban J connectivity index is 1.36. The Kier molecular flexibility index (Phi) is 5.77. The second kappa shape index (κ2) is 8.87. The van der Waals surface area contributed by atoms with Gasteiger partial charge in [-0.15, -0.1) is 0 Å². The average molecular weight is 461 g/mol. The summed E-state index contributed by atoms with van der Waals surface area (Å²) >= 11 is 6.13. The third-order valence-corrected chi connectivity index (χ3v) is 6.51. The Bertz CT molecular complexity index is 1200. The highest BCUT2D eigenvalue weighted by molar-refractivity contribution is 6.30. The monoisotopic (exact) mass is 460 g/mol. The van der Waals surface area contributed by atoms with Crippen molar-refractivity contribution >= 4 is 28.8 Å². The molecule has 2 aromatic carbocycles. The summed E-state index contributed by atoms with van der Waals surface area (Å²) < 4.78 is 0. The summed E-state index contributed by atoms with van der Waals surface area (Å²) in [5, 5.41) is 15.0. The van der Waals surface area contributed by atoms with Crippen LogP contribution in [0.5, 0.6) is 0 Å². The fourth-order valence-corrected chi connectivity index (χ4v) is 4.83. The molecule has 0 radical (unpaired) electrons. The third kappa shape index (κ3) is 4.31. The van der Waals surface area contributed by atoms with E-state index in [9.17, 15) is 0 Å². The lowest BCUT2D eigenvalue weighted by atomic mass is 10.0. The average Bonchev–Trinajstić information content (AvgIpc) is 3.40. The molecule has 7 heteroatoms. The number of dihydropyridines is 1. The second-order valence-corrected chi connectivity index (χ2v) is 9.09. The van der Waals surface area contributed by atoms with Crippen molar-refractivity contribution in [3.8, 4) is 0 Å². The number of hydrogen-bond donors (Lipinski definition) is 4. The smallest absolute Gasteiger partial charge is 0.130 e. The van der Waals surface area contributed by atoms with Crippen LogP contribution in [0.1, 0.15) is 16.7 Å². The number of halogens is 1. The van der Waals surface area contributed by atoms with Gasteiger partial charge in [-0.05, 0) is 54.8 Å². The number of anilines is 2. The Morgan fingerprint density at radius 3 is 2.91 bits per heavy atom. The van der Waals surface area contributed by atoms with Gasteiger partial charge in [0, 0.05) is 53.9 Å². The van der Waals surface area contributed by atoms with Crippen LogP contribution in [-0.2, 0) is 6.42 Å². The zero-order valence-electron chi connectivity index (χ0n) is 19.0. The van der Waals surface area contributed by atoms with E-state index >= 15 is 0 Å². The molecule has 5 rings (SSSR count). The third-order valence-electron chi connectivity index (χ3n) is 6.27. The Morgan fingerprint density at radius 1 is 1.24 bits per heavy atom. The van der Waals surface area contributed by atoms with Gasteiger partial charge in [-0.1, -0.05) is 30.3 Å². The lowest BCUT2D eigenvalue weighted by Gasteiger charge is -2.26. The highest BCUT2D eigenvalue weighted by Crippen LogP contribution is 2.37. The van der Waals surface area contributed by atoms with Crippen LogP contribution in [0.2, 0.25) is 5.02 Å². The predicted octanol–water partition coefficient (Wildman–Crippen LogP) is 4.22. The van der Waals surface area contributed by atoms with E-state index < -0.39 is 0 Å². The molecule has 3 aliphatic rings. The number of fused-ring (bicyclic) bond motifs is 1. The molecule has 3 aliphatic heterocycles. The summed E-state index contributed by atoms with van der Waals surface area (Å²) in [5.74, 6) is 1.06. The number of aryl methyl sites for hydroxylation is 1. The Labute approximate surface area is 200 Å². The quantitative estimate of drug-likeness (QED) is 0.520. The summed E-state index contributed by atoms with van der Waals surface area (Å²) in [6, 6.07) is 12.4. The van der Waals surface area contributed by atoms with Crippen molar-refractivity contribution in [3.05, 3.63) is 93.9 Å². The second-order valence-electron chi connectivity index (χ2n) is 8.65. The van der Waals surface area contributed by atoms with Crippen LogP contribution in [-0.4, -0.2) is 43.6 Å². The normalized spacial score (nSPS) is 19.1. The SMILES string of the molecule is C=C1NC=CC(NCCc2cccc(Cl)c2)=C1C1Nc2cc(C3=NCCN3C)cc(C)c2N1. The van der Waals surface area contributed by atoms with Gasteiger partial charge in [0.1, 0.15) is 12.0 Å². The van der Waals surface area contributed by atoms with Gasteiger partial charge >= 0.3 is 0 Å². The van der Waals surface area contributed by atoms with E-state index in [4.69, 9.17) is 11.6 Å². The molecule has 0 amide bonds. The molecule has 170 valence electrons. The van der Waals surface area contributed by atoms with Crippen molar-refractivity contribution in [3.63, 3.8) is 0 Å². The van der Waals surface area contributed by atoms with Crippen molar-refractivity contribution in [2.75, 3.05) is 37.3 Å². The van der Waals surface area contributed by atoms with Gasteiger partial charge in [0.15, 0.2) is 0 Å². The lowest BCUT2D eigenvalue weighted by molar-refractivity contribution is 0.557. The maximum atomic E-state index is 6.13. The molecule has 0 fully saturated rings. The summed E-state index contributed by atoms with van der Waals surface area (Å²) in [5.41, 5.74) is 8.77. The number of nitrogens with one attached hydrogen (secondary N) is 4. The van der Waals surface area contributed by atoms with E-state index in [1.165, 1.54) is 11.1 Å². The van der Waals surface area contributed by atoms with Crippen LogP contribution in [0.25, 0.3) is 0 Å². The minimum atomic E-state index is -0.0872. The topological polar surface area (TPSA) is 63.7 Å². The molecular weight excluding hydrogens is 432 g/mol. The van der Waals surface area contributed by atoms with Crippen LogP contribution in [0.4, 0.5) is 11.4 Å². The minimum Gasteiger partial charge on any atom is -0.384 e. The molecule has 1 atom stereocenters. The Hall–Kier alpha value is -3.38. The van der Waals surface area contributed by atoms with Gasteiger partial charge in [0.2, 0.25) is 0 Å².